The number of nitrogens with zero attached hydrogens (tertiary/aromatic N) is 1. The number of hydrogen-bond acceptors (Lipinski definition) is 3. The summed E-state index contributed by atoms with van der Waals surface area (Å²) in [5.74, 6) is -0.800. The average molecular weight is 220 g/mol. The van der Waals surface area contributed by atoms with Crippen molar-refractivity contribution in [1.29, 1.82) is 0 Å². The molecular formula is C6H6BrNO3. The molecule has 0 radical (unpaired) electrons. The lowest BCUT2D eigenvalue weighted by Gasteiger charge is -1.86. The molecule has 0 aromatic carbocycles. The molecule has 0 aliphatic heterocycles. The molecule has 1 aromatic heterocycles. The van der Waals surface area contributed by atoms with Crippen molar-refractivity contribution in [3.05, 3.63) is 17.8 Å². The van der Waals surface area contributed by atoms with Gasteiger partial charge in [-0.15, -0.1) is 0 Å². The summed E-state index contributed by atoms with van der Waals surface area (Å²) in [6, 6.07) is 0. The summed E-state index contributed by atoms with van der Waals surface area (Å²) >= 11 is 3.20. The lowest BCUT2D eigenvalue weighted by molar-refractivity contribution is 0.0652. The molecule has 11 heavy (non-hydrogen) atoms. The van der Waals surface area contributed by atoms with Crippen molar-refractivity contribution in [2.75, 3.05) is 5.33 Å². The van der Waals surface area contributed by atoms with Crippen LogP contribution in [0.4, 0.5) is 0 Å². The molecule has 0 unspecified atom stereocenters. The minimum atomic E-state index is -1.13. The van der Waals surface area contributed by atoms with Crippen molar-refractivity contribution in [2.45, 2.75) is 6.42 Å². The first-order chi connectivity index (χ1) is 5.24. The third kappa shape index (κ3) is 2.04. The number of alkyl halides is 1. The average Bonchev–Trinajstić information content (AvgIpc) is 2.37. The molecule has 0 atom stereocenters. The fourth-order valence-electron chi connectivity index (χ4n) is 0.615. The number of aromatic nitrogens is 1. The van der Waals surface area contributed by atoms with Crippen molar-refractivity contribution in [3.63, 3.8) is 0 Å². The Morgan fingerprint density at radius 1 is 1.82 bits per heavy atom. The fraction of sp³-hybridized carbons (Fsp3) is 0.333. The van der Waals surface area contributed by atoms with Crippen LogP contribution >= 0.6 is 15.9 Å². The van der Waals surface area contributed by atoms with E-state index in [1.165, 1.54) is 6.20 Å². The van der Waals surface area contributed by atoms with Crippen LogP contribution in [0.2, 0.25) is 0 Å². The van der Waals surface area contributed by atoms with E-state index in [1.54, 1.807) is 0 Å². The van der Waals surface area contributed by atoms with Gasteiger partial charge >= 0.3 is 11.9 Å². The Kier molecular flexibility index (Phi) is 2.64. The van der Waals surface area contributed by atoms with E-state index < -0.39 is 5.97 Å². The second-order valence-corrected chi connectivity index (χ2v) is 2.67. The molecule has 0 amide bonds. The first-order valence-corrected chi connectivity index (χ1v) is 4.10. The van der Waals surface area contributed by atoms with E-state index >= 15 is 0 Å². The van der Waals surface area contributed by atoms with E-state index in [-0.39, 0.29) is 5.89 Å². The van der Waals surface area contributed by atoms with Crippen LogP contribution < -0.4 is 0 Å². The Morgan fingerprint density at radius 2 is 2.55 bits per heavy atom. The van der Waals surface area contributed by atoms with Crippen LogP contribution in [0.15, 0.2) is 10.6 Å². The SMILES string of the molecule is O=C(O)c1ncc(CCBr)o1. The molecular weight excluding hydrogens is 214 g/mol. The molecule has 1 aromatic rings. The van der Waals surface area contributed by atoms with Gasteiger partial charge in [0.15, 0.2) is 0 Å². The van der Waals surface area contributed by atoms with E-state index in [1.807, 2.05) is 0 Å². The number of aryl methyl sites for hydroxylation is 1. The molecule has 0 aliphatic rings. The Balaban J connectivity index is 2.73. The van der Waals surface area contributed by atoms with Gasteiger partial charge < -0.3 is 9.52 Å². The second-order valence-electron chi connectivity index (χ2n) is 1.88. The zero-order valence-electron chi connectivity index (χ0n) is 5.58. The lowest BCUT2D eigenvalue weighted by Crippen LogP contribution is -1.94. The van der Waals surface area contributed by atoms with Crippen LogP contribution in [0.3, 0.4) is 0 Å². The Morgan fingerprint density at radius 3 is 3.00 bits per heavy atom. The van der Waals surface area contributed by atoms with E-state index in [9.17, 15) is 4.79 Å². The molecule has 1 N–H and O–H groups in total. The number of halogens is 1. The van der Waals surface area contributed by atoms with Crippen LogP contribution in [0, 0.1) is 0 Å². The summed E-state index contributed by atoms with van der Waals surface area (Å²) in [5, 5.41) is 9.14. The Bertz CT molecular complexity index is 258. The van der Waals surface area contributed by atoms with Crippen molar-refractivity contribution >= 4 is 21.9 Å². The van der Waals surface area contributed by atoms with E-state index in [4.69, 9.17) is 9.52 Å². The smallest absolute Gasteiger partial charge is 0.392 e. The minimum absolute atomic E-state index is 0.249. The number of carboxylic acid groups (broad SMARTS) is 1. The zero-order valence-corrected chi connectivity index (χ0v) is 7.17. The number of hydrogen-bond donors (Lipinski definition) is 1. The van der Waals surface area contributed by atoms with Crippen molar-refractivity contribution in [1.82, 2.24) is 4.98 Å². The maximum absolute atomic E-state index is 10.3. The van der Waals surface area contributed by atoms with Crippen molar-refractivity contribution in [2.24, 2.45) is 0 Å². The molecule has 1 rings (SSSR count). The topological polar surface area (TPSA) is 63.3 Å². The molecule has 5 heteroatoms. The summed E-state index contributed by atoms with van der Waals surface area (Å²) in [6.45, 7) is 0. The molecule has 0 saturated heterocycles. The van der Waals surface area contributed by atoms with Gasteiger partial charge in [0.05, 0.1) is 6.20 Å². The number of carbonyl (C=O) groups is 1. The summed E-state index contributed by atoms with van der Waals surface area (Å²) in [6.07, 6.45) is 2.07. The standard InChI is InChI=1S/C6H6BrNO3/c7-2-1-4-3-8-5(11-4)6(9)10/h3H,1-2H2,(H,9,10). The molecule has 0 fully saturated rings. The zero-order chi connectivity index (χ0) is 8.27. The van der Waals surface area contributed by atoms with Gasteiger partial charge in [-0.25, -0.2) is 9.78 Å². The third-order valence-electron chi connectivity index (χ3n) is 1.08. The first kappa shape index (κ1) is 8.26. The van der Waals surface area contributed by atoms with Crippen LogP contribution in [-0.4, -0.2) is 21.4 Å². The minimum Gasteiger partial charge on any atom is -0.474 e. The van der Waals surface area contributed by atoms with Gasteiger partial charge in [-0.3, -0.25) is 0 Å². The van der Waals surface area contributed by atoms with Crippen LogP contribution in [0.5, 0.6) is 0 Å². The summed E-state index contributed by atoms with van der Waals surface area (Å²) in [7, 11) is 0. The van der Waals surface area contributed by atoms with E-state index in [0.29, 0.717) is 12.2 Å². The van der Waals surface area contributed by atoms with Crippen LogP contribution in [0.1, 0.15) is 16.4 Å². The molecule has 0 bridgehead atoms. The third-order valence-corrected chi connectivity index (χ3v) is 1.47. The quantitative estimate of drug-likeness (QED) is 0.780. The highest BCUT2D eigenvalue weighted by Gasteiger charge is 2.09. The van der Waals surface area contributed by atoms with Crippen molar-refractivity contribution < 1.29 is 14.3 Å². The van der Waals surface area contributed by atoms with Gasteiger partial charge in [-0.2, -0.15) is 0 Å². The van der Waals surface area contributed by atoms with Gasteiger partial charge in [0.2, 0.25) is 0 Å². The van der Waals surface area contributed by atoms with Gasteiger partial charge in [-0.1, -0.05) is 15.9 Å². The van der Waals surface area contributed by atoms with Crippen molar-refractivity contribution in [3.8, 4) is 0 Å². The van der Waals surface area contributed by atoms with Gasteiger partial charge in [0.1, 0.15) is 5.76 Å². The lowest BCUT2D eigenvalue weighted by atomic mass is 10.4. The molecule has 4 nitrogen and oxygen atoms in total. The highest BCUT2D eigenvalue weighted by atomic mass is 79.9. The summed E-state index contributed by atoms with van der Waals surface area (Å²) in [5.41, 5.74) is 0. The normalized spacial score (nSPS) is 9.91. The van der Waals surface area contributed by atoms with Crippen LogP contribution in [0.25, 0.3) is 0 Å². The number of aromatic carboxylic acids is 1. The number of carboxylic acids is 1. The maximum atomic E-state index is 10.3. The van der Waals surface area contributed by atoms with Gasteiger partial charge in [-0.05, 0) is 0 Å². The van der Waals surface area contributed by atoms with Gasteiger partial charge in [0.25, 0.3) is 0 Å². The summed E-state index contributed by atoms with van der Waals surface area (Å²) in [4.78, 5) is 13.8. The fourth-order valence-corrected chi connectivity index (χ4v) is 1.01. The monoisotopic (exact) mass is 219 g/mol. The second kappa shape index (κ2) is 3.52. The van der Waals surface area contributed by atoms with E-state index in [2.05, 4.69) is 20.9 Å². The highest BCUT2D eigenvalue weighted by molar-refractivity contribution is 9.09. The first-order valence-electron chi connectivity index (χ1n) is 2.98. The summed E-state index contributed by atoms with van der Waals surface area (Å²) < 4.78 is 4.84. The largest absolute Gasteiger partial charge is 0.474 e. The molecule has 0 aliphatic carbocycles. The molecule has 1 heterocycles. The molecule has 0 spiro atoms. The Labute approximate surface area is 71.4 Å². The molecule has 60 valence electrons. The number of oxazole rings is 1. The highest BCUT2D eigenvalue weighted by Crippen LogP contribution is 2.05. The Hall–Kier alpha value is -0.840. The predicted molar refractivity (Wildman–Crippen MR) is 41.0 cm³/mol. The number of rotatable bonds is 3. The van der Waals surface area contributed by atoms with Crippen LogP contribution in [-0.2, 0) is 6.42 Å². The van der Waals surface area contributed by atoms with Gasteiger partial charge in [0, 0.05) is 11.8 Å². The maximum Gasteiger partial charge on any atom is 0.392 e. The van der Waals surface area contributed by atoms with E-state index in [0.717, 1.165) is 5.33 Å². The predicted octanol–water partition coefficient (Wildman–Crippen LogP) is 1.31. The molecule has 0 saturated carbocycles.